The molecule has 158 valence electrons. The normalized spacial score (nSPS) is 26.2. The second-order valence-electron chi connectivity index (χ2n) is 8.35. The van der Waals surface area contributed by atoms with Gasteiger partial charge in [-0.15, -0.1) is 0 Å². The van der Waals surface area contributed by atoms with Gasteiger partial charge in [0.15, 0.2) is 0 Å². The molecular weight excluding hydrogens is 398 g/mol. The van der Waals surface area contributed by atoms with Crippen LogP contribution in [-0.4, -0.2) is 30.9 Å². The van der Waals surface area contributed by atoms with Gasteiger partial charge >= 0.3 is 11.9 Å². The largest absolute Gasteiger partial charge is 0.465 e. The third-order valence-electron chi connectivity index (χ3n) is 6.75. The molecule has 0 unspecified atom stereocenters. The van der Waals surface area contributed by atoms with E-state index in [1.165, 1.54) is 42.3 Å². The number of hydrogen-bond acceptors (Lipinski definition) is 6. The molecule has 1 saturated heterocycles. The highest BCUT2D eigenvalue weighted by atomic mass is 16.5. The molecule has 2 amide bonds. The Labute approximate surface area is 178 Å². The molecule has 0 spiro atoms. The van der Waals surface area contributed by atoms with E-state index >= 15 is 0 Å². The van der Waals surface area contributed by atoms with E-state index < -0.39 is 11.9 Å². The summed E-state index contributed by atoms with van der Waals surface area (Å²) in [5, 5.41) is 0. The number of anilines is 1. The van der Waals surface area contributed by atoms with Gasteiger partial charge in [-0.2, -0.15) is 0 Å². The maximum atomic E-state index is 13.0. The van der Waals surface area contributed by atoms with Gasteiger partial charge in [0.1, 0.15) is 5.75 Å². The van der Waals surface area contributed by atoms with Crippen LogP contribution >= 0.6 is 0 Å². The third-order valence-corrected chi connectivity index (χ3v) is 6.75. The van der Waals surface area contributed by atoms with Crippen molar-refractivity contribution in [1.82, 2.24) is 0 Å². The molecule has 0 N–H and O–H groups in total. The Morgan fingerprint density at radius 3 is 2.13 bits per heavy atom. The Balaban J connectivity index is 1.35. The van der Waals surface area contributed by atoms with Crippen LogP contribution in [0.15, 0.2) is 48.5 Å². The first-order chi connectivity index (χ1) is 15.0. The van der Waals surface area contributed by atoms with E-state index in [0.717, 1.165) is 19.3 Å². The highest BCUT2D eigenvalue weighted by Crippen LogP contribution is 2.56. The fourth-order valence-corrected chi connectivity index (χ4v) is 5.38. The molecule has 5 rings (SSSR count). The van der Waals surface area contributed by atoms with E-state index in [1.54, 1.807) is 18.2 Å². The summed E-state index contributed by atoms with van der Waals surface area (Å²) in [6.45, 7) is 0. The minimum absolute atomic E-state index is 0.147. The quantitative estimate of drug-likeness (QED) is 0.429. The van der Waals surface area contributed by atoms with Crippen molar-refractivity contribution in [3.05, 3.63) is 59.7 Å². The second kappa shape index (κ2) is 7.34. The molecule has 2 aromatic rings. The van der Waals surface area contributed by atoms with Gasteiger partial charge in [0, 0.05) is 0 Å². The van der Waals surface area contributed by atoms with Crippen LogP contribution in [0.1, 0.15) is 40.0 Å². The standard InChI is InChI=1S/C24H21NO6/c1-30-23(28)13-7-9-18(10-8-13)31-24(29)16-3-2-4-17(12-16)25-21(26)19-14-5-6-15(11-14)20(19)22(25)27/h2-4,7-10,12,14-15,19-20H,5-6,11H2,1H3/t14-,15-,19-,20+/m1/s1. The monoisotopic (exact) mass is 419 g/mol. The Kier molecular flexibility index (Phi) is 4.61. The SMILES string of the molecule is COC(=O)c1ccc(OC(=O)c2cccc(N3C(=O)[C@@H]4[C@@H]5CC[C@H](C5)[C@@H]4C3=O)c2)cc1. The van der Waals surface area contributed by atoms with Gasteiger partial charge in [-0.05, 0) is 73.6 Å². The number of amides is 2. The molecule has 2 bridgehead atoms. The highest BCUT2D eigenvalue weighted by molar-refractivity contribution is 6.22. The average molecular weight is 419 g/mol. The van der Waals surface area contributed by atoms with Crippen molar-refractivity contribution in [3.8, 4) is 5.75 Å². The van der Waals surface area contributed by atoms with E-state index in [-0.39, 0.29) is 35.0 Å². The van der Waals surface area contributed by atoms with Gasteiger partial charge in [0.2, 0.25) is 11.8 Å². The maximum Gasteiger partial charge on any atom is 0.343 e. The summed E-state index contributed by atoms with van der Waals surface area (Å²) in [5.41, 5.74) is 0.976. The Hall–Kier alpha value is -3.48. The molecule has 3 aliphatic rings. The van der Waals surface area contributed by atoms with Crippen molar-refractivity contribution in [3.63, 3.8) is 0 Å². The van der Waals surface area contributed by atoms with Crippen LogP contribution < -0.4 is 9.64 Å². The van der Waals surface area contributed by atoms with Crippen molar-refractivity contribution in [2.45, 2.75) is 19.3 Å². The number of imide groups is 1. The molecule has 0 radical (unpaired) electrons. The van der Waals surface area contributed by atoms with Gasteiger partial charge < -0.3 is 9.47 Å². The number of rotatable bonds is 4. The molecule has 7 nitrogen and oxygen atoms in total. The predicted molar refractivity (Wildman–Crippen MR) is 109 cm³/mol. The van der Waals surface area contributed by atoms with Gasteiger partial charge in [-0.25, -0.2) is 9.59 Å². The summed E-state index contributed by atoms with van der Waals surface area (Å²) in [6, 6.07) is 12.4. The van der Waals surface area contributed by atoms with Crippen LogP contribution in [0.4, 0.5) is 5.69 Å². The molecule has 31 heavy (non-hydrogen) atoms. The number of carbonyl (C=O) groups excluding carboxylic acids is 4. The first-order valence-corrected chi connectivity index (χ1v) is 10.4. The molecule has 1 aliphatic heterocycles. The van der Waals surface area contributed by atoms with Crippen LogP contribution in [0.2, 0.25) is 0 Å². The van der Waals surface area contributed by atoms with Crippen molar-refractivity contribution >= 4 is 29.4 Å². The van der Waals surface area contributed by atoms with E-state index in [9.17, 15) is 19.2 Å². The zero-order valence-corrected chi connectivity index (χ0v) is 16.9. The summed E-state index contributed by atoms with van der Waals surface area (Å²) in [7, 11) is 1.29. The number of methoxy groups -OCH3 is 1. The zero-order valence-electron chi connectivity index (χ0n) is 16.9. The lowest BCUT2D eigenvalue weighted by Crippen LogP contribution is -2.32. The van der Waals surface area contributed by atoms with Crippen LogP contribution in [0.25, 0.3) is 0 Å². The number of esters is 2. The fraction of sp³-hybridized carbons (Fsp3) is 0.333. The fourth-order valence-electron chi connectivity index (χ4n) is 5.38. The molecule has 7 heteroatoms. The van der Waals surface area contributed by atoms with Crippen LogP contribution in [0.3, 0.4) is 0 Å². The van der Waals surface area contributed by atoms with Crippen molar-refractivity contribution < 1.29 is 28.7 Å². The third kappa shape index (κ3) is 3.12. The van der Waals surface area contributed by atoms with Gasteiger partial charge in [-0.3, -0.25) is 14.5 Å². The lowest BCUT2D eigenvalue weighted by atomic mass is 9.81. The number of nitrogens with zero attached hydrogens (tertiary/aromatic N) is 1. The molecule has 2 aromatic carbocycles. The van der Waals surface area contributed by atoms with Gasteiger partial charge in [0.05, 0.1) is 35.8 Å². The Morgan fingerprint density at radius 1 is 0.871 bits per heavy atom. The Bertz CT molecular complexity index is 1060. The summed E-state index contributed by atoms with van der Waals surface area (Å²) in [6.07, 6.45) is 3.00. The zero-order chi connectivity index (χ0) is 21.7. The molecule has 1 heterocycles. The van der Waals surface area contributed by atoms with Crippen molar-refractivity contribution in [2.75, 3.05) is 12.0 Å². The summed E-state index contributed by atoms with van der Waals surface area (Å²) >= 11 is 0. The number of carbonyl (C=O) groups is 4. The average Bonchev–Trinajstić information content (AvgIpc) is 3.47. The van der Waals surface area contributed by atoms with E-state index in [1.807, 2.05) is 0 Å². The highest BCUT2D eigenvalue weighted by Gasteiger charge is 2.61. The maximum absolute atomic E-state index is 13.0. The van der Waals surface area contributed by atoms with Crippen molar-refractivity contribution in [2.24, 2.45) is 23.7 Å². The first kappa shape index (κ1) is 19.5. The number of fused-ring (bicyclic) bond motifs is 5. The van der Waals surface area contributed by atoms with Crippen LogP contribution in [0, 0.1) is 23.7 Å². The lowest BCUT2D eigenvalue weighted by Gasteiger charge is -2.19. The van der Waals surface area contributed by atoms with E-state index in [4.69, 9.17) is 4.74 Å². The number of hydrogen-bond donors (Lipinski definition) is 0. The minimum atomic E-state index is -0.618. The van der Waals surface area contributed by atoms with Gasteiger partial charge in [-0.1, -0.05) is 6.07 Å². The van der Waals surface area contributed by atoms with Crippen LogP contribution in [-0.2, 0) is 14.3 Å². The van der Waals surface area contributed by atoms with E-state index in [2.05, 4.69) is 4.74 Å². The van der Waals surface area contributed by atoms with E-state index in [0.29, 0.717) is 23.1 Å². The minimum Gasteiger partial charge on any atom is -0.465 e. The molecule has 2 saturated carbocycles. The summed E-state index contributed by atoms with van der Waals surface area (Å²) < 4.78 is 10.0. The summed E-state index contributed by atoms with van der Waals surface area (Å²) in [4.78, 5) is 51.4. The Morgan fingerprint density at radius 2 is 1.52 bits per heavy atom. The molecular formula is C24H21NO6. The summed E-state index contributed by atoms with van der Waals surface area (Å²) in [5.74, 6) is -0.948. The van der Waals surface area contributed by atoms with Crippen LogP contribution in [0.5, 0.6) is 5.75 Å². The topological polar surface area (TPSA) is 90.0 Å². The smallest absolute Gasteiger partial charge is 0.343 e. The molecule has 0 aromatic heterocycles. The van der Waals surface area contributed by atoms with Crippen molar-refractivity contribution in [1.29, 1.82) is 0 Å². The number of ether oxygens (including phenoxy) is 2. The predicted octanol–water partition coefficient (Wildman–Crippen LogP) is 3.23. The first-order valence-electron chi connectivity index (χ1n) is 10.4. The lowest BCUT2D eigenvalue weighted by molar-refractivity contribution is -0.123. The molecule has 3 fully saturated rings. The molecule has 2 aliphatic carbocycles. The second-order valence-corrected chi connectivity index (χ2v) is 8.35. The molecule has 4 atom stereocenters. The van der Waals surface area contributed by atoms with Gasteiger partial charge in [0.25, 0.3) is 0 Å². The number of benzene rings is 2.